The Bertz CT molecular complexity index is 4240. The molecule has 35 heteroatoms. The molecule has 0 saturated heterocycles. The Kier molecular flexibility index (Phi) is 57.6. The summed E-state index contributed by atoms with van der Waals surface area (Å²) in [5.41, 5.74) is 4.24. The fraction of sp³-hybridized carbons (Fsp3) is 0.548. The van der Waals surface area contributed by atoms with Gasteiger partial charge in [-0.2, -0.15) is 0 Å². The Morgan fingerprint density at radius 2 is 0.984 bits per heavy atom. The van der Waals surface area contributed by atoms with Gasteiger partial charge in [-0.1, -0.05) is 111 Å². The zero-order valence-corrected chi connectivity index (χ0v) is 74.4. The van der Waals surface area contributed by atoms with Gasteiger partial charge in [0.1, 0.15) is 28.9 Å². The Morgan fingerprint density at radius 1 is 0.461 bits per heavy atom. The Labute approximate surface area is 752 Å². The van der Waals surface area contributed by atoms with Crippen molar-refractivity contribution in [3.05, 3.63) is 148 Å². The van der Waals surface area contributed by atoms with E-state index in [2.05, 4.69) is 31.3 Å². The average Bonchev–Trinajstić information content (AvgIpc) is 0.747. The van der Waals surface area contributed by atoms with Crippen molar-refractivity contribution in [3.63, 3.8) is 0 Å². The number of urea groups is 1. The van der Waals surface area contributed by atoms with Crippen LogP contribution in [0.4, 0.5) is 4.79 Å². The van der Waals surface area contributed by atoms with Crippen molar-refractivity contribution in [2.45, 2.75) is 154 Å². The number of hydrogen-bond acceptors (Lipinski definition) is 27. The number of carboxylic acid groups (broad SMARTS) is 3. The molecule has 0 saturated carbocycles. The van der Waals surface area contributed by atoms with E-state index in [0.29, 0.717) is 218 Å². The third-order valence-corrected chi connectivity index (χ3v) is 19.8. The predicted octanol–water partition coefficient (Wildman–Crippen LogP) is 9.64. The molecule has 0 fully saturated rings. The van der Waals surface area contributed by atoms with Crippen LogP contribution in [0.3, 0.4) is 0 Å². The van der Waals surface area contributed by atoms with Gasteiger partial charge in [-0.3, -0.25) is 38.4 Å². The lowest BCUT2D eigenvalue weighted by Crippen LogP contribution is -2.49. The number of nitrogens with one attached hydrogen (secondary N) is 5. The molecule has 128 heavy (non-hydrogen) atoms. The molecule has 1 aliphatic carbocycles. The molecule has 706 valence electrons. The molecular weight excluding hydrogens is 1680 g/mol. The molecule has 34 nitrogen and oxygen atoms in total. The van der Waals surface area contributed by atoms with Crippen LogP contribution in [0.1, 0.15) is 144 Å². The van der Waals surface area contributed by atoms with Crippen molar-refractivity contribution in [2.24, 2.45) is 5.92 Å². The molecule has 9 N–H and O–H groups in total. The number of phenols is 1. The molecule has 0 unspecified atom stereocenters. The maximum atomic E-state index is 14.0. The van der Waals surface area contributed by atoms with Gasteiger partial charge in [-0.25, -0.2) is 14.4 Å². The van der Waals surface area contributed by atoms with E-state index < -0.39 is 54.6 Å². The van der Waals surface area contributed by atoms with Gasteiger partial charge in [0, 0.05) is 106 Å². The van der Waals surface area contributed by atoms with E-state index in [0.717, 1.165) is 47.2 Å². The quantitative estimate of drug-likeness (QED) is 0.00563. The SMILES string of the molecule is CCOCCOCCOCCOCCOCCNC(=O)[C@@H](CC(=O)[C@H](Cc1ccccc1)NC(=O)CCCCCCCCC(=O)CC[C@H](NC(=O)N[C@@H](CCC(=O)O)OC=O)C(=O)O)Cc1ccccc1.CCOCCOCCOCCOCCOCCOCCOCCC(=O)NCCCC(=S)Cc1ccc(-c2c3ccc(=O)cc-3oc3cc(O)ccc23)c(C(=O)O)c1. The van der Waals surface area contributed by atoms with Gasteiger partial charge in [0.15, 0.2) is 17.4 Å². The monoisotopic (exact) mass is 1810 g/mol. The fourth-order valence-corrected chi connectivity index (χ4v) is 13.3. The van der Waals surface area contributed by atoms with Crippen LogP contribution in [0.15, 0.2) is 124 Å². The van der Waals surface area contributed by atoms with E-state index in [4.69, 9.17) is 78.6 Å². The minimum absolute atomic E-state index is 0.0227. The molecule has 4 aromatic rings. The van der Waals surface area contributed by atoms with Crippen molar-refractivity contribution in [3.8, 4) is 28.2 Å². The summed E-state index contributed by atoms with van der Waals surface area (Å²) < 4.78 is 75.7. The van der Waals surface area contributed by atoms with Crippen molar-refractivity contribution in [1.29, 1.82) is 0 Å². The first-order chi connectivity index (χ1) is 62.2. The van der Waals surface area contributed by atoms with Gasteiger partial charge in [-0.15, -0.1) is 0 Å². The molecule has 6 rings (SSSR count). The van der Waals surface area contributed by atoms with Crippen LogP contribution in [0, 0.1) is 5.92 Å². The predicted molar refractivity (Wildman–Crippen MR) is 478 cm³/mol. The zero-order chi connectivity index (χ0) is 92.4. The molecule has 5 amide bonds. The molecule has 1 aliphatic heterocycles. The fourth-order valence-electron chi connectivity index (χ4n) is 13.0. The minimum atomic E-state index is -1.40. The van der Waals surface area contributed by atoms with E-state index >= 15 is 0 Å². The molecule has 0 bridgehead atoms. The van der Waals surface area contributed by atoms with Gasteiger partial charge in [0.2, 0.25) is 17.7 Å². The van der Waals surface area contributed by atoms with Crippen molar-refractivity contribution < 1.29 is 134 Å². The number of ketones is 2. The maximum absolute atomic E-state index is 14.0. The molecular formula is C93H129N5O29S. The van der Waals surface area contributed by atoms with Crippen LogP contribution in [0.25, 0.3) is 33.4 Å². The van der Waals surface area contributed by atoms with Crippen molar-refractivity contribution in [1.82, 2.24) is 26.6 Å². The highest BCUT2D eigenvalue weighted by Crippen LogP contribution is 2.42. The number of carbonyl (C=O) groups excluding carboxylic acids is 7. The molecule has 1 heterocycles. The van der Waals surface area contributed by atoms with E-state index in [1.54, 1.807) is 24.3 Å². The number of carboxylic acids is 3. The summed E-state index contributed by atoms with van der Waals surface area (Å²) in [6, 6.07) is 29.7. The highest BCUT2D eigenvalue weighted by atomic mass is 32.1. The number of carbonyl (C=O) groups is 10. The largest absolute Gasteiger partial charge is 0.508 e. The summed E-state index contributed by atoms with van der Waals surface area (Å²) in [5.74, 6) is -5.18. The Morgan fingerprint density at radius 3 is 1.52 bits per heavy atom. The number of ether oxygens (including phenoxy) is 13. The Hall–Kier alpha value is -10.1. The second kappa shape index (κ2) is 68.0. The van der Waals surface area contributed by atoms with Crippen molar-refractivity contribution >= 4 is 87.8 Å². The molecule has 0 radical (unpaired) electrons. The van der Waals surface area contributed by atoms with Crippen LogP contribution in [0.5, 0.6) is 5.75 Å². The number of rotatable bonds is 75. The van der Waals surface area contributed by atoms with Crippen LogP contribution in [0.2, 0.25) is 0 Å². The third-order valence-electron chi connectivity index (χ3n) is 19.5. The highest BCUT2D eigenvalue weighted by molar-refractivity contribution is 7.80. The summed E-state index contributed by atoms with van der Waals surface area (Å²) in [6.45, 7) is 15.9. The number of thiocarbonyl (C=S) groups is 1. The summed E-state index contributed by atoms with van der Waals surface area (Å²) in [6.07, 6.45) is 4.90. The van der Waals surface area contributed by atoms with Crippen LogP contribution < -0.4 is 32.0 Å². The minimum Gasteiger partial charge on any atom is -0.508 e. The van der Waals surface area contributed by atoms with Crippen LogP contribution in [-0.2, 0) is 119 Å². The summed E-state index contributed by atoms with van der Waals surface area (Å²) in [4.78, 5) is 136. The lowest BCUT2D eigenvalue weighted by atomic mass is 9.89. The summed E-state index contributed by atoms with van der Waals surface area (Å²) in [5, 5.41) is 52.4. The van der Waals surface area contributed by atoms with E-state index in [9.17, 15) is 68.1 Å². The van der Waals surface area contributed by atoms with Crippen LogP contribution >= 0.6 is 12.2 Å². The normalized spacial score (nSPS) is 12.1. The number of unbranched alkanes of at least 4 members (excludes halogenated alkanes) is 5. The van der Waals surface area contributed by atoms with Gasteiger partial charge in [-0.05, 0) is 116 Å². The smallest absolute Gasteiger partial charge is 0.336 e. The lowest BCUT2D eigenvalue weighted by Gasteiger charge is -2.22. The topological polar surface area (TPSA) is 462 Å². The first kappa shape index (κ1) is 108. The number of phenolic OH excluding ortho intramolecular Hbond substituents is 1. The number of aromatic hydroxyl groups is 1. The number of benzene rings is 5. The van der Waals surface area contributed by atoms with Crippen LogP contribution in [-0.4, -0.2) is 275 Å². The van der Waals surface area contributed by atoms with Gasteiger partial charge in [0.25, 0.3) is 6.47 Å². The van der Waals surface area contributed by atoms with Gasteiger partial charge < -0.3 is 113 Å². The number of aromatic carboxylic acids is 1. The summed E-state index contributed by atoms with van der Waals surface area (Å²) in [7, 11) is 0. The standard InChI is InChI=1S/C51H76N4O16.C42H53NO13S/c1-2-66-27-28-68-31-32-70-34-33-69-30-29-67-26-25-52-49(62)41(35-39-15-9-7-10-16-39)37-45(58)44(36-40-17-11-8-12-18-40)53-46(59)20-14-6-4-3-5-13-19-42(57)21-22-43(50(63)64)54-51(65)55-47(71-38-56)23-24-48(60)61;1-2-49-14-15-51-18-19-53-22-23-55-25-24-54-21-20-52-17-16-50-13-11-40(46)43-12-3-4-33(57)26-30-5-8-34(37(27-30)42(47)48)41-35-9-6-31(44)28-38(35)56-39-29-32(45)7-10-36(39)41/h7-12,15-18,38,41,43-44,47H,2-6,13-14,19-37H2,1H3,(H,52,62)(H,53,59)(H,60,61)(H,63,64)(H2,54,55,65);5-10,27-29,44H,2-4,11-26H2,1H3,(H,43,46)(H,47,48)/t41-,43+,44+,47-;/m1./s1. The second-order valence-corrected chi connectivity index (χ2v) is 30.0. The molecule has 4 aromatic carbocycles. The zero-order valence-electron chi connectivity index (χ0n) is 73.6. The first-order valence-electron chi connectivity index (χ1n) is 43.8. The summed E-state index contributed by atoms with van der Waals surface area (Å²) >= 11 is 5.61. The number of hydrogen-bond donors (Lipinski definition) is 9. The Balaban J connectivity index is 0.000000464. The first-order valence-corrected chi connectivity index (χ1v) is 44.2. The van der Waals surface area contributed by atoms with E-state index in [1.165, 1.54) is 24.3 Å². The number of amides is 5. The highest BCUT2D eigenvalue weighted by Gasteiger charge is 2.30. The second-order valence-electron chi connectivity index (χ2n) is 29.5. The molecule has 4 atom stereocenters. The molecule has 0 aromatic heterocycles. The van der Waals surface area contributed by atoms with E-state index in [-0.39, 0.29) is 129 Å². The lowest BCUT2D eigenvalue weighted by molar-refractivity contribution is -0.141. The molecule has 0 spiro atoms. The van der Waals surface area contributed by atoms with E-state index in [1.807, 2.05) is 80.6 Å². The maximum Gasteiger partial charge on any atom is 0.336 e. The van der Waals surface area contributed by atoms with Gasteiger partial charge >= 0.3 is 23.9 Å². The average molecular weight is 1810 g/mol. The van der Waals surface area contributed by atoms with Gasteiger partial charge in [0.05, 0.1) is 163 Å². The number of fused-ring (bicyclic) bond motifs is 2. The number of Topliss-reactive ketones (excluding diaryl/α,β-unsaturated/α-hetero) is 2. The molecule has 2 aliphatic rings. The third kappa shape index (κ3) is 48.9. The van der Waals surface area contributed by atoms with Crippen molar-refractivity contribution in [2.75, 3.05) is 172 Å². The number of aliphatic carboxylic acids is 2.